The topological polar surface area (TPSA) is 52.6 Å². The second-order valence-electron chi connectivity index (χ2n) is 7.38. The van der Waals surface area contributed by atoms with Crippen molar-refractivity contribution in [2.75, 3.05) is 6.61 Å². The number of carbonyl (C=O) groups excluding carboxylic acids is 2. The average Bonchev–Trinajstić information content (AvgIpc) is 2.76. The van der Waals surface area contributed by atoms with Gasteiger partial charge < -0.3 is 9.47 Å². The van der Waals surface area contributed by atoms with Gasteiger partial charge in [0.15, 0.2) is 6.10 Å². The molecular weight excluding hydrogens is 352 g/mol. The van der Waals surface area contributed by atoms with Crippen LogP contribution < -0.4 is 0 Å². The summed E-state index contributed by atoms with van der Waals surface area (Å²) < 4.78 is 11.1. The second kappa shape index (κ2) is 10.6. The molecule has 4 heteroatoms. The van der Waals surface area contributed by atoms with Gasteiger partial charge in [-0.1, -0.05) is 79.9 Å². The molecule has 148 valence electrons. The van der Waals surface area contributed by atoms with Crippen molar-refractivity contribution >= 4 is 11.9 Å². The molecule has 0 unspecified atom stereocenters. The Bertz CT molecular complexity index is 696. The number of esters is 2. The first-order valence-electron chi connectivity index (χ1n) is 10.2. The minimum atomic E-state index is -0.479. The maximum absolute atomic E-state index is 12.4. The molecular formula is C24H28O4. The summed E-state index contributed by atoms with van der Waals surface area (Å²) in [5.41, 5.74) is 1.81. The molecule has 28 heavy (non-hydrogen) atoms. The number of hydrogen-bond acceptors (Lipinski definition) is 4. The van der Waals surface area contributed by atoms with Gasteiger partial charge in [-0.25, -0.2) is 0 Å². The van der Waals surface area contributed by atoms with E-state index in [-0.39, 0.29) is 18.8 Å². The van der Waals surface area contributed by atoms with Crippen LogP contribution in [0.5, 0.6) is 0 Å². The van der Waals surface area contributed by atoms with Gasteiger partial charge in [0.05, 0.1) is 19.4 Å². The van der Waals surface area contributed by atoms with Gasteiger partial charge in [0.2, 0.25) is 0 Å². The number of rotatable bonds is 8. The molecule has 0 N–H and O–H groups in total. The monoisotopic (exact) mass is 380 g/mol. The van der Waals surface area contributed by atoms with Crippen molar-refractivity contribution in [3.63, 3.8) is 0 Å². The number of hydrogen-bond donors (Lipinski definition) is 0. The van der Waals surface area contributed by atoms with Crippen molar-refractivity contribution in [2.45, 2.75) is 51.0 Å². The summed E-state index contributed by atoms with van der Waals surface area (Å²) in [5.74, 6) is -0.240. The van der Waals surface area contributed by atoms with Gasteiger partial charge >= 0.3 is 11.9 Å². The van der Waals surface area contributed by atoms with Crippen LogP contribution >= 0.6 is 0 Å². The zero-order valence-corrected chi connectivity index (χ0v) is 16.2. The highest BCUT2D eigenvalue weighted by Gasteiger charge is 2.20. The van der Waals surface area contributed by atoms with Gasteiger partial charge in [-0.2, -0.15) is 0 Å². The molecule has 1 saturated carbocycles. The second-order valence-corrected chi connectivity index (χ2v) is 7.38. The van der Waals surface area contributed by atoms with E-state index >= 15 is 0 Å². The standard InChI is InChI=1S/C24H28O4/c25-22(27-18-19-10-4-1-5-11-19)16-17-23(26)28-24(20-12-6-2-7-13-20)21-14-8-3-9-15-21/h2-3,6-9,12-15,19,24H,1,4-5,10-11,16-18H2. The smallest absolute Gasteiger partial charge is 0.307 e. The zero-order valence-electron chi connectivity index (χ0n) is 16.2. The molecule has 0 atom stereocenters. The highest BCUT2D eigenvalue weighted by atomic mass is 16.5. The first-order chi connectivity index (χ1) is 13.7. The molecule has 0 bridgehead atoms. The first-order valence-corrected chi connectivity index (χ1v) is 10.2. The maximum Gasteiger partial charge on any atom is 0.307 e. The summed E-state index contributed by atoms with van der Waals surface area (Å²) in [4.78, 5) is 24.4. The van der Waals surface area contributed by atoms with Gasteiger partial charge in [-0.3, -0.25) is 9.59 Å². The molecule has 0 saturated heterocycles. The Balaban J connectivity index is 1.50. The molecule has 0 heterocycles. The molecule has 1 aliphatic carbocycles. The summed E-state index contributed by atoms with van der Waals surface area (Å²) >= 11 is 0. The molecule has 2 aromatic carbocycles. The van der Waals surface area contributed by atoms with E-state index in [0.29, 0.717) is 12.5 Å². The van der Waals surface area contributed by atoms with Crippen molar-refractivity contribution < 1.29 is 19.1 Å². The molecule has 0 aromatic heterocycles. The largest absolute Gasteiger partial charge is 0.465 e. The molecule has 1 aliphatic rings. The van der Waals surface area contributed by atoms with Crippen LogP contribution in [-0.2, 0) is 19.1 Å². The van der Waals surface area contributed by atoms with Crippen LogP contribution in [0.1, 0.15) is 62.2 Å². The van der Waals surface area contributed by atoms with Crippen molar-refractivity contribution in [3.8, 4) is 0 Å². The summed E-state index contributed by atoms with van der Waals surface area (Å²) in [6.07, 6.45) is 5.58. The Kier molecular flexibility index (Phi) is 7.65. The van der Waals surface area contributed by atoms with E-state index in [1.54, 1.807) is 0 Å². The molecule has 1 fully saturated rings. The Morgan fingerprint density at radius 1 is 0.786 bits per heavy atom. The van der Waals surface area contributed by atoms with Gasteiger partial charge in [0.25, 0.3) is 0 Å². The van der Waals surface area contributed by atoms with Crippen LogP contribution in [0.25, 0.3) is 0 Å². The van der Waals surface area contributed by atoms with Crippen LogP contribution in [0.15, 0.2) is 60.7 Å². The first kappa shape index (κ1) is 20.1. The Morgan fingerprint density at radius 2 is 1.32 bits per heavy atom. The van der Waals surface area contributed by atoms with Crippen LogP contribution in [-0.4, -0.2) is 18.5 Å². The van der Waals surface area contributed by atoms with Gasteiger partial charge in [-0.05, 0) is 29.9 Å². The number of benzene rings is 2. The third-order valence-electron chi connectivity index (χ3n) is 5.19. The lowest BCUT2D eigenvalue weighted by molar-refractivity contribution is -0.153. The fourth-order valence-corrected chi connectivity index (χ4v) is 3.62. The van der Waals surface area contributed by atoms with E-state index in [4.69, 9.17) is 9.47 Å². The minimum absolute atomic E-state index is 0.0274. The summed E-state index contributed by atoms with van der Waals surface area (Å²) in [6, 6.07) is 19.3. The van der Waals surface area contributed by atoms with Crippen LogP contribution in [0, 0.1) is 5.92 Å². The fraction of sp³-hybridized carbons (Fsp3) is 0.417. The van der Waals surface area contributed by atoms with Crippen LogP contribution in [0.4, 0.5) is 0 Å². The summed E-state index contributed by atoms with van der Waals surface area (Å²) in [7, 11) is 0. The van der Waals surface area contributed by atoms with Gasteiger partial charge in [-0.15, -0.1) is 0 Å². The van der Waals surface area contributed by atoms with E-state index in [0.717, 1.165) is 24.0 Å². The summed E-state index contributed by atoms with van der Waals surface area (Å²) in [5, 5.41) is 0. The molecule has 0 aliphatic heterocycles. The fourth-order valence-electron chi connectivity index (χ4n) is 3.62. The minimum Gasteiger partial charge on any atom is -0.465 e. The zero-order chi connectivity index (χ0) is 19.6. The van der Waals surface area contributed by atoms with Crippen molar-refractivity contribution in [2.24, 2.45) is 5.92 Å². The van der Waals surface area contributed by atoms with Crippen LogP contribution in [0.3, 0.4) is 0 Å². The Labute approximate surface area is 166 Å². The average molecular weight is 380 g/mol. The van der Waals surface area contributed by atoms with E-state index < -0.39 is 12.1 Å². The molecule has 4 nitrogen and oxygen atoms in total. The molecule has 0 spiro atoms. The number of carbonyl (C=O) groups is 2. The lowest BCUT2D eigenvalue weighted by atomic mass is 9.90. The normalized spacial score (nSPS) is 14.6. The third-order valence-corrected chi connectivity index (χ3v) is 5.19. The van der Waals surface area contributed by atoms with E-state index in [2.05, 4.69) is 0 Å². The Morgan fingerprint density at radius 3 is 1.89 bits per heavy atom. The van der Waals surface area contributed by atoms with Crippen molar-refractivity contribution in [1.82, 2.24) is 0 Å². The predicted octanol–water partition coefficient (Wildman–Crippen LogP) is 5.22. The quantitative estimate of drug-likeness (QED) is 0.589. The van der Waals surface area contributed by atoms with Gasteiger partial charge in [0.1, 0.15) is 0 Å². The van der Waals surface area contributed by atoms with Gasteiger partial charge in [0, 0.05) is 0 Å². The van der Waals surface area contributed by atoms with Crippen molar-refractivity contribution in [3.05, 3.63) is 71.8 Å². The van der Waals surface area contributed by atoms with Crippen molar-refractivity contribution in [1.29, 1.82) is 0 Å². The lowest BCUT2D eigenvalue weighted by Crippen LogP contribution is -2.18. The van der Waals surface area contributed by atoms with E-state index in [1.807, 2.05) is 60.7 Å². The van der Waals surface area contributed by atoms with Crippen LogP contribution in [0.2, 0.25) is 0 Å². The van der Waals surface area contributed by atoms with E-state index in [9.17, 15) is 9.59 Å². The van der Waals surface area contributed by atoms with E-state index in [1.165, 1.54) is 19.3 Å². The number of ether oxygens (including phenoxy) is 2. The predicted molar refractivity (Wildman–Crippen MR) is 108 cm³/mol. The molecule has 0 amide bonds. The summed E-state index contributed by atoms with van der Waals surface area (Å²) in [6.45, 7) is 0.477. The SMILES string of the molecule is O=C(CCC(=O)OC(c1ccccc1)c1ccccc1)OCC1CCCCC1. The molecule has 3 rings (SSSR count). The Hall–Kier alpha value is -2.62. The third kappa shape index (κ3) is 6.22. The lowest BCUT2D eigenvalue weighted by Gasteiger charge is -2.21. The highest BCUT2D eigenvalue weighted by Crippen LogP contribution is 2.27. The molecule has 0 radical (unpaired) electrons. The molecule has 2 aromatic rings. The highest BCUT2D eigenvalue weighted by molar-refractivity contribution is 5.78. The maximum atomic E-state index is 12.4.